The third-order valence-electron chi connectivity index (χ3n) is 10.1. The molecule has 0 amide bonds. The van der Waals surface area contributed by atoms with Crippen molar-refractivity contribution in [1.29, 1.82) is 0 Å². The van der Waals surface area contributed by atoms with Crippen molar-refractivity contribution in [2.75, 3.05) is 26.2 Å². The van der Waals surface area contributed by atoms with Crippen molar-refractivity contribution in [2.45, 2.75) is 80.6 Å². The highest BCUT2D eigenvalue weighted by atomic mass is 35.5. The van der Waals surface area contributed by atoms with Gasteiger partial charge in [-0.2, -0.15) is 0 Å². The van der Waals surface area contributed by atoms with Crippen LogP contribution in [0.25, 0.3) is 0 Å². The van der Waals surface area contributed by atoms with Gasteiger partial charge in [0.1, 0.15) is 6.10 Å². The zero-order valence-electron chi connectivity index (χ0n) is 22.3. The fourth-order valence-corrected chi connectivity index (χ4v) is 8.35. The molecule has 1 spiro atoms. The number of aliphatic carboxylic acids is 1. The Bertz CT molecular complexity index is 1220. The lowest BCUT2D eigenvalue weighted by molar-refractivity contribution is -0.220. The van der Waals surface area contributed by atoms with E-state index in [2.05, 4.69) is 46.6 Å². The normalized spacial score (nSPS) is 32.2. The molecule has 2 aromatic carbocycles. The van der Waals surface area contributed by atoms with E-state index in [1.54, 1.807) is 6.07 Å². The molecule has 2 aromatic rings. The minimum atomic E-state index is -0.865. The Morgan fingerprint density at radius 1 is 1.13 bits per heavy atom. The third-order valence-corrected chi connectivity index (χ3v) is 10.1. The summed E-state index contributed by atoms with van der Waals surface area (Å²) in [5.41, 5.74) is 2.89. The van der Waals surface area contributed by atoms with Crippen LogP contribution in [0.15, 0.2) is 42.5 Å². The first-order valence-corrected chi connectivity index (χ1v) is 14.4. The summed E-state index contributed by atoms with van der Waals surface area (Å²) in [6.07, 6.45) is 7.74. The maximum Gasteiger partial charge on any atom is 0.317 e. The highest BCUT2D eigenvalue weighted by Gasteiger charge is 2.74. The van der Waals surface area contributed by atoms with Gasteiger partial charge in [0.05, 0.1) is 17.6 Å². The number of hydrogen-bond acceptors (Lipinski definition) is 6. The number of likely N-dealkylation sites (tertiary alicyclic amines) is 1. The van der Waals surface area contributed by atoms with Gasteiger partial charge in [0.15, 0.2) is 11.5 Å². The number of benzene rings is 2. The molecule has 0 aromatic heterocycles. The number of hydrogen-bond donors (Lipinski definition) is 3. The summed E-state index contributed by atoms with van der Waals surface area (Å²) in [5.74, 6) is 0.709. The maximum atomic E-state index is 11.5. The fourth-order valence-electron chi connectivity index (χ4n) is 8.35. The average Bonchev–Trinajstić information content (AvgIpc) is 3.66. The molecule has 3 aliphatic carbocycles. The van der Waals surface area contributed by atoms with Crippen LogP contribution in [-0.2, 0) is 27.8 Å². The van der Waals surface area contributed by atoms with E-state index in [9.17, 15) is 15.0 Å². The van der Waals surface area contributed by atoms with Crippen molar-refractivity contribution < 1.29 is 24.5 Å². The summed E-state index contributed by atoms with van der Waals surface area (Å²) in [6, 6.07) is 14.6. The van der Waals surface area contributed by atoms with Crippen molar-refractivity contribution in [2.24, 2.45) is 5.92 Å². The van der Waals surface area contributed by atoms with Crippen molar-refractivity contribution in [1.82, 2.24) is 10.2 Å². The molecule has 7 rings (SSSR count). The van der Waals surface area contributed by atoms with Gasteiger partial charge in [0, 0.05) is 30.8 Å². The monoisotopic (exact) mass is 554 g/mol. The summed E-state index contributed by atoms with van der Waals surface area (Å²) in [7, 11) is 0. The number of carboxylic acid groups (broad SMARTS) is 1. The Labute approximate surface area is 236 Å². The minimum absolute atomic E-state index is 0. The number of aromatic hydroxyl groups is 1. The molecule has 0 radical (unpaired) electrons. The van der Waals surface area contributed by atoms with Gasteiger partial charge < -0.3 is 25.0 Å². The highest BCUT2D eigenvalue weighted by Crippen LogP contribution is 2.66. The lowest BCUT2D eigenvalue weighted by atomic mass is 9.48. The van der Waals surface area contributed by atoms with Crippen LogP contribution in [0.5, 0.6) is 11.5 Å². The van der Waals surface area contributed by atoms with E-state index in [-0.39, 0.29) is 42.9 Å². The first kappa shape index (κ1) is 26.9. The molecule has 8 heteroatoms. The van der Waals surface area contributed by atoms with Crippen LogP contribution in [0.2, 0.25) is 0 Å². The lowest BCUT2D eigenvalue weighted by Crippen LogP contribution is -2.79. The van der Waals surface area contributed by atoms with Crippen LogP contribution in [-0.4, -0.2) is 71.1 Å². The van der Waals surface area contributed by atoms with E-state index < -0.39 is 17.0 Å². The van der Waals surface area contributed by atoms with E-state index >= 15 is 0 Å². The molecule has 5 aliphatic rings. The molecule has 5 atom stereocenters. The number of nitrogens with one attached hydrogen (secondary N) is 1. The average molecular weight is 555 g/mol. The molecule has 39 heavy (non-hydrogen) atoms. The molecule has 210 valence electrons. The molecule has 3 N–H and O–H groups in total. The number of ether oxygens (including phenoxy) is 2. The van der Waals surface area contributed by atoms with Crippen LogP contribution < -0.4 is 10.1 Å². The van der Waals surface area contributed by atoms with Crippen molar-refractivity contribution in [3.05, 3.63) is 59.2 Å². The fraction of sp³-hybridized carbons (Fsp3) is 0.581. The Kier molecular flexibility index (Phi) is 7.07. The third kappa shape index (κ3) is 4.24. The summed E-state index contributed by atoms with van der Waals surface area (Å²) in [4.78, 5) is 14.2. The van der Waals surface area contributed by atoms with Crippen LogP contribution in [0, 0.1) is 5.92 Å². The van der Waals surface area contributed by atoms with Crippen LogP contribution in [0.4, 0.5) is 0 Å². The molecule has 1 unspecified atom stereocenters. The number of rotatable bonds is 10. The Hall–Kier alpha value is -2.32. The number of halogens is 1. The lowest BCUT2D eigenvalue weighted by Gasteiger charge is -2.66. The predicted octanol–water partition coefficient (Wildman–Crippen LogP) is 4.08. The molecular weight excluding hydrogens is 516 g/mol. The van der Waals surface area contributed by atoms with Gasteiger partial charge in [0.25, 0.3) is 0 Å². The van der Waals surface area contributed by atoms with E-state index in [4.69, 9.17) is 9.47 Å². The van der Waals surface area contributed by atoms with E-state index in [0.717, 1.165) is 63.1 Å². The SMILES string of the molecule is Cl.O=C(O)CN[C@H]1CC[C@@]2(OCCCc3ccccc3)C3Cc4ccc(O)c5c4[C@@]2(CCN3CC2CC2)[C@H]1O5. The van der Waals surface area contributed by atoms with Gasteiger partial charge >= 0.3 is 5.97 Å². The number of carboxylic acids is 1. The number of phenols is 1. The largest absolute Gasteiger partial charge is 0.504 e. The molecule has 3 fully saturated rings. The van der Waals surface area contributed by atoms with Crippen LogP contribution in [0.1, 0.15) is 55.2 Å². The number of piperidine rings is 1. The van der Waals surface area contributed by atoms with Gasteiger partial charge in [-0.25, -0.2) is 0 Å². The molecule has 7 nitrogen and oxygen atoms in total. The number of aryl methyl sites for hydroxylation is 1. The summed E-state index contributed by atoms with van der Waals surface area (Å²) >= 11 is 0. The van der Waals surface area contributed by atoms with Gasteiger partial charge in [-0.05, 0) is 81.0 Å². The van der Waals surface area contributed by atoms with E-state index in [0.29, 0.717) is 12.4 Å². The first-order valence-electron chi connectivity index (χ1n) is 14.4. The molecule has 1 saturated heterocycles. The zero-order valence-corrected chi connectivity index (χ0v) is 23.1. The molecule has 2 saturated carbocycles. The van der Waals surface area contributed by atoms with Gasteiger partial charge in [-0.15, -0.1) is 12.4 Å². The molecule has 2 heterocycles. The number of carbonyl (C=O) groups is 1. The summed E-state index contributed by atoms with van der Waals surface area (Å²) < 4.78 is 13.9. The second-order valence-electron chi connectivity index (χ2n) is 12.1. The van der Waals surface area contributed by atoms with Gasteiger partial charge in [-0.3, -0.25) is 9.69 Å². The van der Waals surface area contributed by atoms with Gasteiger partial charge in [0.2, 0.25) is 0 Å². The predicted molar refractivity (Wildman–Crippen MR) is 150 cm³/mol. The molecular formula is C31H39ClN2O5. The van der Waals surface area contributed by atoms with E-state index in [1.165, 1.54) is 24.0 Å². The summed E-state index contributed by atoms with van der Waals surface area (Å²) in [5, 5.41) is 23.6. The zero-order chi connectivity index (χ0) is 25.9. The Balaban J connectivity index is 0.00000277. The van der Waals surface area contributed by atoms with Crippen molar-refractivity contribution >= 4 is 18.4 Å². The van der Waals surface area contributed by atoms with Crippen LogP contribution in [0.3, 0.4) is 0 Å². The maximum absolute atomic E-state index is 11.5. The topological polar surface area (TPSA) is 91.3 Å². The minimum Gasteiger partial charge on any atom is -0.504 e. The van der Waals surface area contributed by atoms with E-state index in [1.807, 2.05) is 0 Å². The Morgan fingerprint density at radius 3 is 2.72 bits per heavy atom. The van der Waals surface area contributed by atoms with Crippen LogP contribution >= 0.6 is 12.4 Å². The Morgan fingerprint density at radius 2 is 1.95 bits per heavy atom. The smallest absolute Gasteiger partial charge is 0.317 e. The number of nitrogens with zero attached hydrogens (tertiary/aromatic N) is 1. The van der Waals surface area contributed by atoms with Gasteiger partial charge in [-0.1, -0.05) is 36.4 Å². The molecule has 2 aliphatic heterocycles. The molecule has 2 bridgehead atoms. The highest BCUT2D eigenvalue weighted by molar-refractivity contribution is 5.85. The second kappa shape index (κ2) is 10.3. The standard InChI is InChI=1S/C31H38N2O5.ClH/c34-24-11-10-22-17-25-31(37-16-4-7-20-5-2-1-3-6-20)13-12-23(32-18-26(35)36)29-30(31,27(22)28(24)38-29)14-15-33(25)19-21-8-9-21;/h1-3,5-6,10-11,21,23,25,29,32,34H,4,7-9,12-19H2,(H,35,36);1H/t23-,25?,29-,30-,31+;/m0./s1. The first-order chi connectivity index (χ1) is 18.5. The quantitative estimate of drug-likeness (QED) is 0.381. The summed E-state index contributed by atoms with van der Waals surface area (Å²) in [6.45, 7) is 2.69. The number of phenolic OH excluding ortho intramolecular Hbond substituents is 1. The second-order valence-corrected chi connectivity index (χ2v) is 12.1. The van der Waals surface area contributed by atoms with Crippen molar-refractivity contribution in [3.63, 3.8) is 0 Å². The van der Waals surface area contributed by atoms with Crippen molar-refractivity contribution in [3.8, 4) is 11.5 Å².